The molecule has 2 aromatic rings. The van der Waals surface area contributed by atoms with E-state index in [9.17, 15) is 9.18 Å². The van der Waals surface area contributed by atoms with Crippen molar-refractivity contribution in [3.8, 4) is 0 Å². The van der Waals surface area contributed by atoms with E-state index < -0.39 is 0 Å². The first-order valence-corrected chi connectivity index (χ1v) is 8.59. The average Bonchev–Trinajstić information content (AvgIpc) is 2.67. The molecule has 0 saturated carbocycles. The quantitative estimate of drug-likeness (QED) is 0.831. The van der Waals surface area contributed by atoms with Crippen LogP contribution in [-0.4, -0.2) is 36.4 Å². The maximum absolute atomic E-state index is 13.2. The van der Waals surface area contributed by atoms with E-state index in [0.717, 1.165) is 5.69 Å². The summed E-state index contributed by atoms with van der Waals surface area (Å²) >= 11 is 0. The van der Waals surface area contributed by atoms with Crippen LogP contribution >= 0.6 is 0 Å². The standard InChI is InChI=1S/C19H22FN3O3/c20-15-5-3-4-14(10-15)11-22-19(24)23-17-7-9-25-13-18(17)26-12-16-6-1-2-8-21-16/h1-6,8,10,17-18H,7,9,11-13H2,(H2,22,23,24)/t17-,18-/m1/s1. The lowest BCUT2D eigenvalue weighted by molar-refractivity contribution is -0.0737. The number of carbonyl (C=O) groups is 1. The fourth-order valence-electron chi connectivity index (χ4n) is 2.77. The number of ether oxygens (including phenoxy) is 2. The third-order valence-electron chi connectivity index (χ3n) is 4.13. The lowest BCUT2D eigenvalue weighted by atomic mass is 10.1. The fourth-order valence-corrected chi connectivity index (χ4v) is 2.77. The Kier molecular flexibility index (Phi) is 6.51. The van der Waals surface area contributed by atoms with Crippen molar-refractivity contribution < 1.29 is 18.7 Å². The number of amides is 2. The molecule has 2 atom stereocenters. The van der Waals surface area contributed by atoms with Crippen LogP contribution in [0, 0.1) is 5.82 Å². The third-order valence-corrected chi connectivity index (χ3v) is 4.13. The second-order valence-corrected chi connectivity index (χ2v) is 6.10. The molecule has 0 spiro atoms. The van der Waals surface area contributed by atoms with Crippen molar-refractivity contribution in [1.29, 1.82) is 0 Å². The van der Waals surface area contributed by atoms with Crippen LogP contribution in [0.15, 0.2) is 48.7 Å². The van der Waals surface area contributed by atoms with Gasteiger partial charge in [0.15, 0.2) is 0 Å². The topological polar surface area (TPSA) is 72.5 Å². The normalized spacial score (nSPS) is 19.7. The molecule has 1 aromatic carbocycles. The van der Waals surface area contributed by atoms with Gasteiger partial charge in [-0.2, -0.15) is 0 Å². The third kappa shape index (κ3) is 5.50. The number of hydrogen-bond donors (Lipinski definition) is 2. The molecule has 7 heteroatoms. The van der Waals surface area contributed by atoms with Crippen LogP contribution in [0.5, 0.6) is 0 Å². The molecule has 1 aromatic heterocycles. The lowest BCUT2D eigenvalue weighted by Gasteiger charge is -2.32. The molecule has 26 heavy (non-hydrogen) atoms. The summed E-state index contributed by atoms with van der Waals surface area (Å²) in [4.78, 5) is 16.4. The second kappa shape index (κ2) is 9.26. The van der Waals surface area contributed by atoms with Crippen molar-refractivity contribution >= 4 is 6.03 Å². The second-order valence-electron chi connectivity index (χ2n) is 6.10. The molecule has 0 radical (unpaired) electrons. The summed E-state index contributed by atoms with van der Waals surface area (Å²) in [5, 5.41) is 5.66. The zero-order valence-corrected chi connectivity index (χ0v) is 14.4. The van der Waals surface area contributed by atoms with E-state index in [4.69, 9.17) is 9.47 Å². The molecule has 1 aliphatic heterocycles. The number of halogens is 1. The summed E-state index contributed by atoms with van der Waals surface area (Å²) in [6, 6.07) is 11.3. The van der Waals surface area contributed by atoms with E-state index in [1.807, 2.05) is 18.2 Å². The van der Waals surface area contributed by atoms with E-state index in [0.29, 0.717) is 31.8 Å². The monoisotopic (exact) mass is 359 g/mol. The van der Waals surface area contributed by atoms with Crippen molar-refractivity contribution in [2.24, 2.45) is 0 Å². The zero-order valence-electron chi connectivity index (χ0n) is 14.4. The average molecular weight is 359 g/mol. The first-order chi connectivity index (χ1) is 12.7. The Hall–Kier alpha value is -2.51. The molecule has 6 nitrogen and oxygen atoms in total. The van der Waals surface area contributed by atoms with E-state index in [1.54, 1.807) is 18.3 Å². The lowest BCUT2D eigenvalue weighted by Crippen LogP contribution is -2.52. The highest BCUT2D eigenvalue weighted by Crippen LogP contribution is 2.13. The number of nitrogens with zero attached hydrogens (tertiary/aromatic N) is 1. The van der Waals surface area contributed by atoms with E-state index in [2.05, 4.69) is 15.6 Å². The molecular weight excluding hydrogens is 337 g/mol. The van der Waals surface area contributed by atoms with Crippen molar-refractivity contribution in [2.75, 3.05) is 13.2 Å². The SMILES string of the molecule is O=C(NCc1cccc(F)c1)N[C@@H]1CCOC[C@H]1OCc1ccccn1. The molecule has 1 aliphatic rings. The largest absolute Gasteiger partial charge is 0.379 e. The number of benzene rings is 1. The van der Waals surface area contributed by atoms with Gasteiger partial charge in [-0.05, 0) is 36.2 Å². The number of hydrogen-bond acceptors (Lipinski definition) is 4. The predicted molar refractivity (Wildman–Crippen MR) is 93.8 cm³/mol. The Labute approximate surface area is 151 Å². The van der Waals surface area contributed by atoms with Crippen molar-refractivity contribution in [3.63, 3.8) is 0 Å². The van der Waals surface area contributed by atoms with E-state index in [1.165, 1.54) is 12.1 Å². The van der Waals surface area contributed by atoms with Crippen LogP contribution in [0.1, 0.15) is 17.7 Å². The van der Waals surface area contributed by atoms with Gasteiger partial charge in [0.2, 0.25) is 0 Å². The van der Waals surface area contributed by atoms with Gasteiger partial charge in [0.25, 0.3) is 0 Å². The summed E-state index contributed by atoms with van der Waals surface area (Å²) in [5.74, 6) is -0.322. The molecule has 2 heterocycles. The number of nitrogens with one attached hydrogen (secondary N) is 2. The van der Waals surface area contributed by atoms with Gasteiger partial charge in [0.05, 0.1) is 24.9 Å². The maximum atomic E-state index is 13.2. The molecule has 2 amide bonds. The fraction of sp³-hybridized carbons (Fsp3) is 0.368. The van der Waals surface area contributed by atoms with Crippen LogP contribution in [-0.2, 0) is 22.6 Å². The summed E-state index contributed by atoms with van der Waals surface area (Å²) in [7, 11) is 0. The van der Waals surface area contributed by atoms with Crippen LogP contribution in [0.25, 0.3) is 0 Å². The summed E-state index contributed by atoms with van der Waals surface area (Å²) in [5.41, 5.74) is 1.53. The van der Waals surface area contributed by atoms with Crippen LogP contribution < -0.4 is 10.6 Å². The number of aromatic nitrogens is 1. The van der Waals surface area contributed by atoms with Gasteiger partial charge < -0.3 is 20.1 Å². The van der Waals surface area contributed by atoms with Gasteiger partial charge in [-0.25, -0.2) is 9.18 Å². The van der Waals surface area contributed by atoms with Crippen molar-refractivity contribution in [2.45, 2.75) is 31.7 Å². The zero-order chi connectivity index (χ0) is 18.2. The molecule has 1 fully saturated rings. The van der Waals surface area contributed by atoms with Gasteiger partial charge >= 0.3 is 6.03 Å². The summed E-state index contributed by atoms with van der Waals surface area (Å²) in [6.45, 7) is 1.60. The van der Waals surface area contributed by atoms with Gasteiger partial charge in [-0.15, -0.1) is 0 Å². The van der Waals surface area contributed by atoms with Crippen molar-refractivity contribution in [3.05, 3.63) is 65.7 Å². The molecule has 2 N–H and O–H groups in total. The van der Waals surface area contributed by atoms with Gasteiger partial charge in [-0.1, -0.05) is 18.2 Å². The summed E-state index contributed by atoms with van der Waals surface area (Å²) < 4.78 is 24.5. The smallest absolute Gasteiger partial charge is 0.315 e. The minimum absolute atomic E-state index is 0.153. The Morgan fingerprint density at radius 3 is 3.04 bits per heavy atom. The van der Waals surface area contributed by atoms with Crippen LogP contribution in [0.2, 0.25) is 0 Å². The first kappa shape index (κ1) is 18.3. The first-order valence-electron chi connectivity index (χ1n) is 8.59. The van der Waals surface area contributed by atoms with Gasteiger partial charge in [-0.3, -0.25) is 4.98 Å². The highest BCUT2D eigenvalue weighted by Gasteiger charge is 2.28. The molecule has 0 bridgehead atoms. The Bertz CT molecular complexity index is 714. The number of urea groups is 1. The molecule has 0 unspecified atom stereocenters. The Morgan fingerprint density at radius 1 is 1.31 bits per heavy atom. The molecule has 1 saturated heterocycles. The predicted octanol–water partition coefficient (Wildman–Crippen LogP) is 2.39. The molecule has 138 valence electrons. The molecular formula is C19H22FN3O3. The van der Waals surface area contributed by atoms with Gasteiger partial charge in [0.1, 0.15) is 11.9 Å². The Morgan fingerprint density at radius 2 is 2.23 bits per heavy atom. The van der Waals surface area contributed by atoms with Gasteiger partial charge in [0, 0.05) is 19.3 Å². The number of pyridine rings is 1. The number of rotatable bonds is 6. The molecule has 0 aliphatic carbocycles. The molecule has 3 rings (SSSR count). The van der Waals surface area contributed by atoms with E-state index in [-0.39, 0.29) is 30.5 Å². The minimum Gasteiger partial charge on any atom is -0.379 e. The van der Waals surface area contributed by atoms with E-state index >= 15 is 0 Å². The highest BCUT2D eigenvalue weighted by atomic mass is 19.1. The Balaban J connectivity index is 1.48. The summed E-state index contributed by atoms with van der Waals surface area (Å²) in [6.07, 6.45) is 2.14. The minimum atomic E-state index is -0.322. The van der Waals surface area contributed by atoms with Crippen molar-refractivity contribution in [1.82, 2.24) is 15.6 Å². The van der Waals surface area contributed by atoms with Crippen LogP contribution in [0.4, 0.5) is 9.18 Å². The van der Waals surface area contributed by atoms with Crippen LogP contribution in [0.3, 0.4) is 0 Å². The number of carbonyl (C=O) groups excluding carboxylic acids is 1. The highest BCUT2D eigenvalue weighted by molar-refractivity contribution is 5.74. The maximum Gasteiger partial charge on any atom is 0.315 e.